The number of amides is 1. The van der Waals surface area contributed by atoms with Crippen molar-refractivity contribution in [1.82, 2.24) is 24.6 Å². The van der Waals surface area contributed by atoms with E-state index in [2.05, 4.69) is 20.1 Å². The lowest BCUT2D eigenvalue weighted by molar-refractivity contribution is -0.138. The number of anilines is 2. The van der Waals surface area contributed by atoms with Crippen molar-refractivity contribution in [1.29, 1.82) is 0 Å². The normalized spacial score (nSPS) is 19.3. The predicted octanol–water partition coefficient (Wildman–Crippen LogP) is 3.47. The Hall–Kier alpha value is -3.51. The number of piperidine rings is 1. The Morgan fingerprint density at radius 1 is 1.10 bits per heavy atom. The zero-order chi connectivity index (χ0) is 27.4. The fourth-order valence-electron chi connectivity index (χ4n) is 5.84. The largest absolute Gasteiger partial charge is 0.416 e. The van der Waals surface area contributed by atoms with Gasteiger partial charge in [-0.05, 0) is 66.9 Å². The minimum absolute atomic E-state index is 0.0264. The molecule has 0 atom stereocenters. The molecule has 0 radical (unpaired) electrons. The summed E-state index contributed by atoms with van der Waals surface area (Å²) in [4.78, 5) is 21.4. The molecule has 9 nitrogen and oxygen atoms in total. The Balaban J connectivity index is 1.34. The highest BCUT2D eigenvalue weighted by molar-refractivity contribution is 6.10. The maximum absolute atomic E-state index is 14.2. The molecule has 3 aliphatic rings. The highest BCUT2D eigenvalue weighted by atomic mass is 19.4. The predicted molar refractivity (Wildman–Crippen MR) is 137 cm³/mol. The minimum atomic E-state index is -4.59. The molecule has 3 aromatic rings. The van der Waals surface area contributed by atoms with Gasteiger partial charge in [0, 0.05) is 31.0 Å². The van der Waals surface area contributed by atoms with Crippen LogP contribution in [0.4, 0.5) is 24.8 Å². The highest BCUT2D eigenvalue weighted by Gasteiger charge is 2.44. The Kier molecular flexibility index (Phi) is 6.34. The van der Waals surface area contributed by atoms with Crippen LogP contribution in [0, 0.1) is 0 Å². The molecule has 39 heavy (non-hydrogen) atoms. The fourth-order valence-corrected chi connectivity index (χ4v) is 5.84. The molecule has 2 N–H and O–H groups in total. The fraction of sp³-hybridized carbons (Fsp3) is 0.481. The zero-order valence-corrected chi connectivity index (χ0v) is 21.7. The number of ether oxygens (including phenoxy) is 1. The van der Waals surface area contributed by atoms with E-state index >= 15 is 0 Å². The van der Waals surface area contributed by atoms with Crippen LogP contribution in [-0.4, -0.2) is 56.9 Å². The van der Waals surface area contributed by atoms with Crippen molar-refractivity contribution in [3.63, 3.8) is 0 Å². The van der Waals surface area contributed by atoms with Gasteiger partial charge in [0.1, 0.15) is 23.8 Å². The van der Waals surface area contributed by atoms with Crippen LogP contribution in [0.15, 0.2) is 30.6 Å². The zero-order valence-electron chi connectivity index (χ0n) is 21.7. The van der Waals surface area contributed by atoms with E-state index in [4.69, 9.17) is 10.5 Å². The first-order chi connectivity index (χ1) is 18.6. The summed E-state index contributed by atoms with van der Waals surface area (Å²) in [7, 11) is 1.85. The molecular weight excluding hydrogens is 511 g/mol. The Labute approximate surface area is 223 Å². The van der Waals surface area contributed by atoms with Gasteiger partial charge in [0.05, 0.1) is 25.3 Å². The molecule has 6 rings (SSSR count). The number of aromatic nitrogens is 4. The highest BCUT2D eigenvalue weighted by Crippen LogP contribution is 2.42. The third-order valence-corrected chi connectivity index (χ3v) is 8.04. The number of carbonyl (C=O) groups excluding carboxylic acids is 1. The van der Waals surface area contributed by atoms with Crippen molar-refractivity contribution in [3.8, 4) is 0 Å². The van der Waals surface area contributed by atoms with Gasteiger partial charge in [0.2, 0.25) is 0 Å². The lowest BCUT2D eigenvalue weighted by atomic mass is 9.75. The third-order valence-electron chi connectivity index (χ3n) is 8.04. The van der Waals surface area contributed by atoms with Crippen molar-refractivity contribution < 1.29 is 22.7 Å². The summed E-state index contributed by atoms with van der Waals surface area (Å²) >= 11 is 0. The maximum atomic E-state index is 14.2. The number of alkyl halides is 3. The molecule has 0 unspecified atom stereocenters. The third kappa shape index (κ3) is 4.76. The molecule has 2 aromatic heterocycles. The van der Waals surface area contributed by atoms with Crippen molar-refractivity contribution in [2.24, 2.45) is 7.05 Å². The number of benzene rings is 1. The number of nitrogens with two attached hydrogens (primary N) is 1. The van der Waals surface area contributed by atoms with Crippen LogP contribution in [0.1, 0.15) is 57.7 Å². The van der Waals surface area contributed by atoms with Crippen LogP contribution in [0.2, 0.25) is 0 Å². The summed E-state index contributed by atoms with van der Waals surface area (Å²) in [5, 5.41) is 8.14. The number of nitrogens with zero attached hydrogens (tertiary/aromatic N) is 6. The number of rotatable bonds is 6. The first-order valence-electron chi connectivity index (χ1n) is 13.1. The second-order valence-corrected chi connectivity index (χ2v) is 10.8. The number of nitrogen functional groups attached to an aromatic ring is 1. The SMILES string of the molecule is Cn1cnnc1CC1(c2cc(N)nc(N3Cc4c(cc(CN5CCCCC5)cc4C(F)(F)F)C3=O)c2)COC1. The molecule has 0 spiro atoms. The van der Waals surface area contributed by atoms with E-state index < -0.39 is 23.1 Å². The van der Waals surface area contributed by atoms with Crippen molar-refractivity contribution >= 4 is 17.5 Å². The second-order valence-electron chi connectivity index (χ2n) is 10.8. The van der Waals surface area contributed by atoms with Gasteiger partial charge in [-0.3, -0.25) is 14.6 Å². The summed E-state index contributed by atoms with van der Waals surface area (Å²) in [6.07, 6.45) is 0.734. The monoisotopic (exact) mass is 541 g/mol. The molecule has 5 heterocycles. The number of fused-ring (bicyclic) bond motifs is 1. The molecule has 12 heteroatoms. The van der Waals surface area contributed by atoms with Crippen LogP contribution in [-0.2, 0) is 42.9 Å². The molecular formula is C27H30F3N7O2. The van der Waals surface area contributed by atoms with Gasteiger partial charge in [-0.15, -0.1) is 10.2 Å². The van der Waals surface area contributed by atoms with Crippen LogP contribution in [0.25, 0.3) is 0 Å². The molecule has 206 valence electrons. The molecule has 2 fully saturated rings. The summed E-state index contributed by atoms with van der Waals surface area (Å²) in [6.45, 7) is 2.66. The van der Waals surface area contributed by atoms with Gasteiger partial charge in [-0.1, -0.05) is 6.42 Å². The molecule has 0 bridgehead atoms. The van der Waals surface area contributed by atoms with Crippen molar-refractivity contribution in [2.75, 3.05) is 36.9 Å². The smallest absolute Gasteiger partial charge is 0.384 e. The summed E-state index contributed by atoms with van der Waals surface area (Å²) in [5.41, 5.74) is 6.29. The molecule has 2 saturated heterocycles. The lowest BCUT2D eigenvalue weighted by Gasteiger charge is -2.42. The van der Waals surface area contributed by atoms with Gasteiger partial charge < -0.3 is 15.0 Å². The number of likely N-dealkylation sites (tertiary alicyclic amines) is 1. The maximum Gasteiger partial charge on any atom is 0.416 e. The molecule has 1 amide bonds. The topological polar surface area (TPSA) is 102 Å². The van der Waals surface area contributed by atoms with Crippen LogP contribution >= 0.6 is 0 Å². The van der Waals surface area contributed by atoms with Gasteiger partial charge in [0.25, 0.3) is 5.91 Å². The standard InChI is InChI=1S/C27H30F3N7O2/c1-35-16-32-34-24(35)11-26(14-39-15-26)18-9-22(31)33-23(10-18)37-13-20-19(25(37)38)7-17(8-21(20)27(28,29)30)12-36-5-3-2-4-6-36/h7-10,16H,2-6,11-15H2,1H3,(H2,31,33). The Morgan fingerprint density at radius 3 is 2.51 bits per heavy atom. The summed E-state index contributed by atoms with van der Waals surface area (Å²) in [6, 6.07) is 6.28. The van der Waals surface area contributed by atoms with E-state index in [-0.39, 0.29) is 29.3 Å². The van der Waals surface area contributed by atoms with E-state index in [0.29, 0.717) is 31.7 Å². The average molecular weight is 542 g/mol. The van der Waals surface area contributed by atoms with E-state index in [0.717, 1.165) is 43.7 Å². The average Bonchev–Trinajstić information content (AvgIpc) is 3.43. The van der Waals surface area contributed by atoms with Crippen LogP contribution in [0.5, 0.6) is 0 Å². The quantitative estimate of drug-likeness (QED) is 0.510. The minimum Gasteiger partial charge on any atom is -0.384 e. The van der Waals surface area contributed by atoms with Gasteiger partial charge in [-0.25, -0.2) is 4.98 Å². The van der Waals surface area contributed by atoms with E-state index in [1.54, 1.807) is 24.5 Å². The summed E-state index contributed by atoms with van der Waals surface area (Å²) in [5.74, 6) is 0.654. The van der Waals surface area contributed by atoms with Gasteiger partial charge in [0.15, 0.2) is 0 Å². The molecule has 3 aliphatic heterocycles. The van der Waals surface area contributed by atoms with Gasteiger partial charge in [-0.2, -0.15) is 13.2 Å². The molecule has 0 aliphatic carbocycles. The molecule has 0 saturated carbocycles. The summed E-state index contributed by atoms with van der Waals surface area (Å²) < 4.78 is 50.0. The van der Waals surface area contributed by atoms with Crippen molar-refractivity contribution in [2.45, 2.75) is 50.4 Å². The lowest BCUT2D eigenvalue weighted by Crippen LogP contribution is -2.49. The number of hydrogen-bond donors (Lipinski definition) is 1. The van der Waals surface area contributed by atoms with Crippen molar-refractivity contribution in [3.05, 3.63) is 64.2 Å². The first kappa shape index (κ1) is 25.8. The Bertz CT molecular complexity index is 1410. The number of hydrogen-bond acceptors (Lipinski definition) is 7. The Morgan fingerprint density at radius 2 is 1.87 bits per heavy atom. The van der Waals surface area contributed by atoms with E-state index in [1.165, 1.54) is 11.0 Å². The second kappa shape index (κ2) is 9.60. The number of pyridine rings is 1. The number of carbonyl (C=O) groups is 1. The van der Waals surface area contributed by atoms with E-state index in [1.807, 2.05) is 11.6 Å². The van der Waals surface area contributed by atoms with Gasteiger partial charge >= 0.3 is 6.18 Å². The first-order valence-corrected chi connectivity index (χ1v) is 13.1. The number of halogens is 3. The van der Waals surface area contributed by atoms with Crippen LogP contribution in [0.3, 0.4) is 0 Å². The van der Waals surface area contributed by atoms with Crippen LogP contribution < -0.4 is 10.6 Å². The number of aryl methyl sites for hydroxylation is 1. The van der Waals surface area contributed by atoms with E-state index in [9.17, 15) is 18.0 Å². The molecule has 1 aromatic carbocycles.